The number of benzene rings is 1. The molecule has 0 radical (unpaired) electrons. The van der Waals surface area contributed by atoms with Crippen LogP contribution < -0.4 is 10.1 Å². The van der Waals surface area contributed by atoms with Gasteiger partial charge in [0.05, 0.1) is 12.8 Å². The van der Waals surface area contributed by atoms with E-state index in [0.717, 1.165) is 0 Å². The minimum atomic E-state index is -1.37. The quantitative estimate of drug-likeness (QED) is 0.816. The number of carbonyl (C=O) groups excluding carboxylic acids is 2. The summed E-state index contributed by atoms with van der Waals surface area (Å²) < 4.78 is 15.2. The van der Waals surface area contributed by atoms with Crippen LogP contribution in [0.15, 0.2) is 40.9 Å². The number of aryl methyl sites for hydroxylation is 1. The maximum Gasteiger partial charge on any atom is 0.334 e. The van der Waals surface area contributed by atoms with Gasteiger partial charge in [-0.05, 0) is 26.0 Å². The third-order valence-electron chi connectivity index (χ3n) is 3.15. The van der Waals surface area contributed by atoms with E-state index in [-0.39, 0.29) is 12.4 Å². The van der Waals surface area contributed by atoms with E-state index in [1.807, 2.05) is 6.07 Å². The maximum absolute atomic E-state index is 12.2. The summed E-state index contributed by atoms with van der Waals surface area (Å²) >= 11 is 0. The molecular formula is C16H18N2O5. The Hall–Kier alpha value is -2.83. The number of nitrogens with zero attached hydrogens (tertiary/aromatic N) is 1. The molecule has 2 rings (SSSR count). The summed E-state index contributed by atoms with van der Waals surface area (Å²) in [5.74, 6) is -0.613. The van der Waals surface area contributed by atoms with Gasteiger partial charge in [-0.1, -0.05) is 23.4 Å². The first kappa shape index (κ1) is 16.5. The average Bonchev–Trinajstić information content (AvgIpc) is 3.00. The number of aromatic nitrogens is 1. The molecule has 1 aromatic heterocycles. The van der Waals surface area contributed by atoms with Crippen molar-refractivity contribution in [2.75, 3.05) is 13.7 Å². The van der Waals surface area contributed by atoms with Crippen LogP contribution in [0.5, 0.6) is 5.75 Å². The molecule has 0 fully saturated rings. The van der Waals surface area contributed by atoms with Crippen molar-refractivity contribution in [3.63, 3.8) is 0 Å². The highest BCUT2D eigenvalue weighted by Gasteiger charge is 2.38. The van der Waals surface area contributed by atoms with Gasteiger partial charge in [-0.25, -0.2) is 4.79 Å². The van der Waals surface area contributed by atoms with Crippen LogP contribution in [0.1, 0.15) is 23.2 Å². The molecule has 2 aromatic rings. The van der Waals surface area contributed by atoms with Crippen LogP contribution in [-0.4, -0.2) is 36.3 Å². The van der Waals surface area contributed by atoms with Crippen molar-refractivity contribution in [1.82, 2.24) is 10.5 Å². The molecule has 23 heavy (non-hydrogen) atoms. The monoisotopic (exact) mass is 318 g/mol. The fourth-order valence-corrected chi connectivity index (χ4v) is 1.90. The number of methoxy groups -OCH3 is 1. The van der Waals surface area contributed by atoms with Gasteiger partial charge in [0, 0.05) is 6.07 Å². The van der Waals surface area contributed by atoms with Gasteiger partial charge in [-0.15, -0.1) is 0 Å². The zero-order chi connectivity index (χ0) is 16.9. The van der Waals surface area contributed by atoms with Crippen LogP contribution in [0.2, 0.25) is 0 Å². The van der Waals surface area contributed by atoms with Gasteiger partial charge >= 0.3 is 5.97 Å². The zero-order valence-electron chi connectivity index (χ0n) is 13.2. The molecule has 1 atom stereocenters. The topological polar surface area (TPSA) is 90.7 Å². The van der Waals surface area contributed by atoms with E-state index in [1.54, 1.807) is 31.2 Å². The number of carbonyl (C=O) groups is 2. The first-order chi connectivity index (χ1) is 10.9. The van der Waals surface area contributed by atoms with Crippen LogP contribution in [-0.2, 0) is 9.53 Å². The molecule has 122 valence electrons. The molecule has 0 bridgehead atoms. The Morgan fingerprint density at radius 2 is 2.00 bits per heavy atom. The van der Waals surface area contributed by atoms with Crippen LogP contribution in [0, 0.1) is 6.92 Å². The third-order valence-corrected chi connectivity index (χ3v) is 3.15. The Bertz CT molecular complexity index is 683. The number of amides is 1. The van der Waals surface area contributed by atoms with Crippen LogP contribution in [0.3, 0.4) is 0 Å². The van der Waals surface area contributed by atoms with Gasteiger partial charge < -0.3 is 19.3 Å². The molecule has 0 aliphatic heterocycles. The SMILES string of the molecule is COC(=O)[C@](C)(COc1ccccc1)NC(=O)c1cc(C)no1. The fraction of sp³-hybridized carbons (Fsp3) is 0.312. The van der Waals surface area contributed by atoms with Crippen molar-refractivity contribution >= 4 is 11.9 Å². The van der Waals surface area contributed by atoms with E-state index < -0.39 is 17.4 Å². The highest BCUT2D eigenvalue weighted by Crippen LogP contribution is 2.15. The Kier molecular flexibility index (Phi) is 5.00. The number of ether oxygens (including phenoxy) is 2. The molecule has 7 heteroatoms. The summed E-state index contributed by atoms with van der Waals surface area (Å²) in [6, 6.07) is 10.4. The highest BCUT2D eigenvalue weighted by atomic mass is 16.5. The molecule has 0 unspecified atom stereocenters. The van der Waals surface area contributed by atoms with Crippen molar-refractivity contribution in [3.8, 4) is 5.75 Å². The van der Waals surface area contributed by atoms with E-state index in [2.05, 4.69) is 10.5 Å². The van der Waals surface area contributed by atoms with E-state index in [1.165, 1.54) is 20.1 Å². The van der Waals surface area contributed by atoms with Gasteiger partial charge in [0.2, 0.25) is 5.76 Å². The lowest BCUT2D eigenvalue weighted by molar-refractivity contribution is -0.148. The van der Waals surface area contributed by atoms with E-state index >= 15 is 0 Å². The summed E-state index contributed by atoms with van der Waals surface area (Å²) in [6.07, 6.45) is 0. The lowest BCUT2D eigenvalue weighted by Crippen LogP contribution is -2.56. The molecule has 7 nitrogen and oxygen atoms in total. The third kappa shape index (κ3) is 4.09. The molecule has 1 N–H and O–H groups in total. The number of hydrogen-bond acceptors (Lipinski definition) is 6. The minimum Gasteiger partial charge on any atom is -0.491 e. The number of esters is 1. The van der Waals surface area contributed by atoms with E-state index in [9.17, 15) is 9.59 Å². The molecule has 0 saturated heterocycles. The second kappa shape index (κ2) is 6.95. The average molecular weight is 318 g/mol. The van der Waals surface area contributed by atoms with Gasteiger partial charge in [-0.3, -0.25) is 4.79 Å². The van der Waals surface area contributed by atoms with Gasteiger partial charge in [0.25, 0.3) is 5.91 Å². The molecule has 1 heterocycles. The van der Waals surface area contributed by atoms with Crippen molar-refractivity contribution in [3.05, 3.63) is 47.9 Å². The largest absolute Gasteiger partial charge is 0.491 e. The normalized spacial score (nSPS) is 13.0. The predicted octanol–water partition coefficient (Wildman–Crippen LogP) is 1.72. The second-order valence-corrected chi connectivity index (χ2v) is 5.21. The molecular weight excluding hydrogens is 300 g/mol. The summed E-state index contributed by atoms with van der Waals surface area (Å²) in [6.45, 7) is 3.11. The summed E-state index contributed by atoms with van der Waals surface area (Å²) in [5.41, 5.74) is -0.807. The van der Waals surface area contributed by atoms with Crippen molar-refractivity contribution in [2.45, 2.75) is 19.4 Å². The predicted molar refractivity (Wildman–Crippen MR) is 81.1 cm³/mol. The summed E-state index contributed by atoms with van der Waals surface area (Å²) in [5, 5.41) is 6.21. The molecule has 0 saturated carbocycles. The Morgan fingerprint density at radius 1 is 1.30 bits per heavy atom. The molecule has 0 spiro atoms. The zero-order valence-corrected chi connectivity index (χ0v) is 13.2. The number of hydrogen-bond donors (Lipinski definition) is 1. The number of rotatable bonds is 6. The fourth-order valence-electron chi connectivity index (χ4n) is 1.90. The van der Waals surface area contributed by atoms with Gasteiger partial charge in [-0.2, -0.15) is 0 Å². The second-order valence-electron chi connectivity index (χ2n) is 5.21. The number of nitrogens with one attached hydrogen (secondary N) is 1. The lowest BCUT2D eigenvalue weighted by Gasteiger charge is -2.27. The molecule has 1 aromatic carbocycles. The minimum absolute atomic E-state index is 0.0114. The Labute approximate surface area is 133 Å². The van der Waals surface area contributed by atoms with Crippen molar-refractivity contribution < 1.29 is 23.6 Å². The van der Waals surface area contributed by atoms with Crippen molar-refractivity contribution in [2.24, 2.45) is 0 Å². The first-order valence-electron chi connectivity index (χ1n) is 6.97. The van der Waals surface area contributed by atoms with Crippen LogP contribution in [0.4, 0.5) is 0 Å². The van der Waals surface area contributed by atoms with Crippen LogP contribution >= 0.6 is 0 Å². The number of para-hydroxylation sites is 1. The van der Waals surface area contributed by atoms with Gasteiger partial charge in [0.15, 0.2) is 5.54 Å². The van der Waals surface area contributed by atoms with E-state index in [0.29, 0.717) is 11.4 Å². The smallest absolute Gasteiger partial charge is 0.334 e. The summed E-state index contributed by atoms with van der Waals surface area (Å²) in [7, 11) is 1.24. The standard InChI is InChI=1S/C16H18N2O5/c1-11-9-13(23-18-11)14(19)17-16(2,15(20)21-3)10-22-12-7-5-4-6-8-12/h4-9H,10H2,1-3H3,(H,17,19)/t16-/m0/s1. The van der Waals surface area contributed by atoms with Crippen LogP contribution in [0.25, 0.3) is 0 Å². The molecule has 0 aliphatic rings. The Morgan fingerprint density at radius 3 is 2.57 bits per heavy atom. The Balaban J connectivity index is 2.11. The van der Waals surface area contributed by atoms with Gasteiger partial charge in [0.1, 0.15) is 12.4 Å². The summed E-state index contributed by atoms with van der Waals surface area (Å²) in [4.78, 5) is 24.3. The first-order valence-corrected chi connectivity index (χ1v) is 6.97. The molecule has 1 amide bonds. The lowest BCUT2D eigenvalue weighted by atomic mass is 10.0. The highest BCUT2D eigenvalue weighted by molar-refractivity contribution is 5.96. The molecule has 0 aliphatic carbocycles. The van der Waals surface area contributed by atoms with Crippen molar-refractivity contribution in [1.29, 1.82) is 0 Å². The maximum atomic E-state index is 12.2. The van der Waals surface area contributed by atoms with E-state index in [4.69, 9.17) is 14.0 Å².